The highest BCUT2D eigenvalue weighted by Gasteiger charge is 2.22. The fourth-order valence-corrected chi connectivity index (χ4v) is 2.97. The Kier molecular flexibility index (Phi) is 7.39. The lowest BCUT2D eigenvalue weighted by atomic mass is 10.1. The van der Waals surface area contributed by atoms with E-state index in [9.17, 15) is 5.11 Å². The summed E-state index contributed by atoms with van der Waals surface area (Å²) in [5.41, 5.74) is -0.557. The Morgan fingerprint density at radius 3 is 2.13 bits per heavy atom. The second-order valence-corrected chi connectivity index (χ2v) is 7.54. The lowest BCUT2D eigenvalue weighted by Gasteiger charge is -2.26. The smallest absolute Gasteiger partial charge is 0.0707 e. The van der Waals surface area contributed by atoms with Gasteiger partial charge in [-0.15, -0.1) is 0 Å². The van der Waals surface area contributed by atoms with Gasteiger partial charge < -0.3 is 5.11 Å². The Hall–Kier alpha value is 0.660. The van der Waals surface area contributed by atoms with Crippen LogP contribution in [0.5, 0.6) is 0 Å². The largest absolute Gasteiger partial charge is 0.389 e. The van der Waals surface area contributed by atoms with Crippen molar-refractivity contribution in [2.75, 3.05) is 12.0 Å². The molecule has 3 heteroatoms. The number of thioether (sulfide) groups is 2. The van der Waals surface area contributed by atoms with Crippen LogP contribution in [0.2, 0.25) is 0 Å². The maximum atomic E-state index is 9.78. The summed E-state index contributed by atoms with van der Waals surface area (Å²) in [6.07, 6.45) is 3.42. The van der Waals surface area contributed by atoms with Crippen LogP contribution >= 0.6 is 23.5 Å². The Bertz CT molecular complexity index is 165. The zero-order chi connectivity index (χ0) is 12.1. The molecule has 3 unspecified atom stereocenters. The maximum absolute atomic E-state index is 9.78. The summed E-state index contributed by atoms with van der Waals surface area (Å²) in [6, 6.07) is 0. The van der Waals surface area contributed by atoms with Crippen molar-refractivity contribution in [3.8, 4) is 0 Å². The number of aliphatic hydroxyl groups is 1. The van der Waals surface area contributed by atoms with E-state index < -0.39 is 5.60 Å². The van der Waals surface area contributed by atoms with Crippen LogP contribution in [0.25, 0.3) is 0 Å². The molecule has 0 aromatic carbocycles. The molecule has 0 aliphatic rings. The molecule has 0 bridgehead atoms. The molecule has 3 atom stereocenters. The van der Waals surface area contributed by atoms with Gasteiger partial charge in [0.2, 0.25) is 0 Å². The molecule has 0 fully saturated rings. The van der Waals surface area contributed by atoms with Gasteiger partial charge in [0.15, 0.2) is 0 Å². The summed E-state index contributed by atoms with van der Waals surface area (Å²) in [7, 11) is 0. The van der Waals surface area contributed by atoms with Crippen LogP contribution < -0.4 is 0 Å². The van der Waals surface area contributed by atoms with Gasteiger partial charge in [0.05, 0.1) is 5.60 Å². The molecule has 1 N–H and O–H groups in total. The molecule has 0 aliphatic carbocycles. The zero-order valence-electron chi connectivity index (χ0n) is 10.9. The van der Waals surface area contributed by atoms with E-state index >= 15 is 0 Å². The fraction of sp³-hybridized carbons (Fsp3) is 1.00. The van der Waals surface area contributed by atoms with Crippen LogP contribution in [-0.2, 0) is 0 Å². The van der Waals surface area contributed by atoms with Crippen molar-refractivity contribution in [3.05, 3.63) is 0 Å². The van der Waals surface area contributed by atoms with Gasteiger partial charge in [-0.1, -0.05) is 20.8 Å². The van der Waals surface area contributed by atoms with Gasteiger partial charge in [-0.3, -0.25) is 0 Å². The van der Waals surface area contributed by atoms with Crippen molar-refractivity contribution in [1.29, 1.82) is 0 Å². The second-order valence-electron chi connectivity index (χ2n) is 4.87. The van der Waals surface area contributed by atoms with Crippen molar-refractivity contribution in [2.24, 2.45) is 5.92 Å². The highest BCUT2D eigenvalue weighted by Crippen LogP contribution is 2.26. The zero-order valence-corrected chi connectivity index (χ0v) is 12.5. The first-order valence-electron chi connectivity index (χ1n) is 5.65. The van der Waals surface area contributed by atoms with E-state index in [1.807, 2.05) is 37.4 Å². The first-order chi connectivity index (χ1) is 6.79. The summed E-state index contributed by atoms with van der Waals surface area (Å²) in [5.74, 6) is 1.92. The molecule has 0 aromatic rings. The van der Waals surface area contributed by atoms with Crippen molar-refractivity contribution in [1.82, 2.24) is 0 Å². The average Bonchev–Trinajstić information content (AvgIpc) is 2.14. The maximum Gasteiger partial charge on any atom is 0.0707 e. The van der Waals surface area contributed by atoms with E-state index in [0.717, 1.165) is 16.9 Å². The van der Waals surface area contributed by atoms with Gasteiger partial charge in [0.25, 0.3) is 0 Å². The minimum absolute atomic E-state index is 0.314. The van der Waals surface area contributed by atoms with Crippen LogP contribution in [-0.4, -0.2) is 33.2 Å². The van der Waals surface area contributed by atoms with Crippen LogP contribution in [0.15, 0.2) is 0 Å². The van der Waals surface area contributed by atoms with Gasteiger partial charge in [-0.25, -0.2) is 0 Å². The molecular weight excluding hydrogens is 224 g/mol. The Morgan fingerprint density at radius 2 is 1.73 bits per heavy atom. The highest BCUT2D eigenvalue weighted by atomic mass is 32.2. The Morgan fingerprint density at radius 1 is 1.20 bits per heavy atom. The minimum atomic E-state index is -0.557. The lowest BCUT2D eigenvalue weighted by molar-refractivity contribution is 0.0824. The van der Waals surface area contributed by atoms with Crippen molar-refractivity contribution >= 4 is 23.5 Å². The van der Waals surface area contributed by atoms with E-state index in [-0.39, 0.29) is 0 Å². The molecule has 0 rings (SSSR count). The molecule has 92 valence electrons. The molecule has 1 nitrogen and oxygen atoms in total. The van der Waals surface area contributed by atoms with E-state index in [1.54, 1.807) is 0 Å². The molecule has 0 saturated carbocycles. The van der Waals surface area contributed by atoms with Crippen LogP contribution in [0.4, 0.5) is 0 Å². The van der Waals surface area contributed by atoms with Gasteiger partial charge >= 0.3 is 0 Å². The Labute approximate surface area is 104 Å². The topological polar surface area (TPSA) is 20.2 Å². The van der Waals surface area contributed by atoms with Gasteiger partial charge in [0.1, 0.15) is 0 Å². The third-order valence-corrected chi connectivity index (χ3v) is 5.87. The first-order valence-corrected chi connectivity index (χ1v) is 7.99. The fourth-order valence-electron chi connectivity index (χ4n) is 1.10. The van der Waals surface area contributed by atoms with E-state index in [4.69, 9.17) is 0 Å². The molecular formula is C12H26OS2. The molecule has 0 saturated heterocycles. The predicted octanol–water partition coefficient (Wildman–Crippen LogP) is 3.66. The summed E-state index contributed by atoms with van der Waals surface area (Å²) < 4.78 is 0. The molecule has 0 spiro atoms. The SMILES string of the molecule is CSC(C)C(C)CCSC(C)C(C)(C)O. The second kappa shape index (κ2) is 7.08. The van der Waals surface area contributed by atoms with Crippen molar-refractivity contribution in [3.63, 3.8) is 0 Å². The van der Waals surface area contributed by atoms with Crippen molar-refractivity contribution < 1.29 is 5.11 Å². The third kappa shape index (κ3) is 6.75. The molecule has 0 aliphatic heterocycles. The molecule has 0 amide bonds. The summed E-state index contributed by atoms with van der Waals surface area (Å²) in [6.45, 7) is 10.5. The van der Waals surface area contributed by atoms with E-state index in [1.165, 1.54) is 6.42 Å². The summed E-state index contributed by atoms with van der Waals surface area (Å²) >= 11 is 3.82. The van der Waals surface area contributed by atoms with E-state index in [0.29, 0.717) is 5.25 Å². The molecule has 0 radical (unpaired) electrons. The molecule has 0 heterocycles. The normalized spacial score (nSPS) is 18.6. The summed E-state index contributed by atoms with van der Waals surface area (Å²) in [5, 5.41) is 10.8. The molecule has 0 aromatic heterocycles. The Balaban J connectivity index is 3.71. The van der Waals surface area contributed by atoms with Gasteiger partial charge in [-0.05, 0) is 38.2 Å². The standard InChI is InChI=1S/C12H26OS2/c1-9(10(2)14-6)7-8-15-11(3)12(4,5)13/h9-11,13H,7-8H2,1-6H3. The third-order valence-electron chi connectivity index (χ3n) is 3.11. The van der Waals surface area contributed by atoms with Crippen LogP contribution in [0.3, 0.4) is 0 Å². The monoisotopic (exact) mass is 250 g/mol. The van der Waals surface area contributed by atoms with Gasteiger partial charge in [-0.2, -0.15) is 23.5 Å². The number of rotatable bonds is 7. The lowest BCUT2D eigenvalue weighted by Crippen LogP contribution is -2.31. The highest BCUT2D eigenvalue weighted by molar-refractivity contribution is 8.00. The first kappa shape index (κ1) is 15.7. The molecule has 15 heavy (non-hydrogen) atoms. The van der Waals surface area contributed by atoms with Gasteiger partial charge in [0, 0.05) is 10.5 Å². The van der Waals surface area contributed by atoms with E-state index in [2.05, 4.69) is 27.0 Å². The van der Waals surface area contributed by atoms with Crippen LogP contribution in [0, 0.1) is 5.92 Å². The average molecular weight is 250 g/mol. The summed E-state index contributed by atoms with van der Waals surface area (Å²) in [4.78, 5) is 0. The predicted molar refractivity (Wildman–Crippen MR) is 75.0 cm³/mol. The number of hydrogen-bond acceptors (Lipinski definition) is 3. The number of hydrogen-bond donors (Lipinski definition) is 1. The van der Waals surface area contributed by atoms with Crippen LogP contribution in [0.1, 0.15) is 41.0 Å². The van der Waals surface area contributed by atoms with Crippen molar-refractivity contribution in [2.45, 2.75) is 57.1 Å². The quantitative estimate of drug-likeness (QED) is 0.745. The minimum Gasteiger partial charge on any atom is -0.389 e.